The highest BCUT2D eigenvalue weighted by atomic mass is 14.9. The monoisotopic (exact) mass is 1400 g/mol. The summed E-state index contributed by atoms with van der Waals surface area (Å²) < 4.78 is 235. The third-order valence-corrected chi connectivity index (χ3v) is 19.9. The summed E-state index contributed by atoms with van der Waals surface area (Å²) in [6.07, 6.45) is 12.1. The molecule has 2 aliphatic rings. The number of pyridine rings is 4. The maximum absolute atomic E-state index is 9.22. The zero-order valence-electron chi connectivity index (χ0n) is 90.0. The Balaban J connectivity index is 0.000000170. The Bertz CT molecular complexity index is 6220. The van der Waals surface area contributed by atoms with Gasteiger partial charge in [0.1, 0.15) is 28.2 Å². The van der Waals surface area contributed by atoms with Crippen molar-refractivity contribution in [1.82, 2.24) is 0 Å². The van der Waals surface area contributed by atoms with Gasteiger partial charge in [-0.25, -0.2) is 18.3 Å². The van der Waals surface area contributed by atoms with Crippen LogP contribution in [0.4, 0.5) is 0 Å². The molecule has 532 valence electrons. The van der Waals surface area contributed by atoms with Gasteiger partial charge in [-0.2, -0.15) is 0 Å². The molecule has 12 aromatic rings. The highest BCUT2D eigenvalue weighted by Gasteiger charge is 2.27. The average molecular weight is 1400 g/mol. The number of rotatable bonds is 11. The van der Waals surface area contributed by atoms with Crippen LogP contribution >= 0.6 is 0 Å². The summed E-state index contributed by atoms with van der Waals surface area (Å²) in [6.45, 7) is -5.54. The number of hydrogen-bond donors (Lipinski definition) is 0. The molecule has 0 saturated heterocycles. The second-order valence-electron chi connectivity index (χ2n) is 28.8. The first-order valence-electron chi connectivity index (χ1n) is 49.9. The molecule has 2 aliphatic carbocycles. The number of hydrogen-bond acceptors (Lipinski definition) is 0. The third-order valence-electron chi connectivity index (χ3n) is 19.9. The van der Waals surface area contributed by atoms with E-state index in [1.165, 1.54) is 12.3 Å². The van der Waals surface area contributed by atoms with Crippen LogP contribution in [0, 0.1) is 87.9 Å². The Morgan fingerprint density at radius 3 is 1.10 bits per heavy atom. The van der Waals surface area contributed by atoms with Crippen molar-refractivity contribution >= 4 is 0 Å². The summed E-state index contributed by atoms with van der Waals surface area (Å²) >= 11 is 0. The van der Waals surface area contributed by atoms with Crippen molar-refractivity contribution in [2.45, 2.75) is 179 Å². The minimum Gasteiger partial charge on any atom is -0.201 e. The molecule has 104 heavy (non-hydrogen) atoms. The van der Waals surface area contributed by atoms with Gasteiger partial charge in [0.15, 0.2) is 24.8 Å². The van der Waals surface area contributed by atoms with Gasteiger partial charge in [-0.3, -0.25) is 0 Å². The zero-order valence-corrected chi connectivity index (χ0v) is 62.0. The fraction of sp³-hybridized carbons (Fsp3) is 0.320. The summed E-state index contributed by atoms with van der Waals surface area (Å²) in [5.41, 5.74) is 17.4. The van der Waals surface area contributed by atoms with E-state index in [4.69, 9.17) is 37.0 Å². The molecule has 0 N–H and O–H groups in total. The molecule has 0 amide bonds. The number of nitrogens with zero attached hydrogens (tertiary/aromatic N) is 4. The van der Waals surface area contributed by atoms with Crippen LogP contribution in [0.25, 0.3) is 89.5 Å². The molecule has 4 aromatic heterocycles. The molecule has 0 aliphatic heterocycles. The van der Waals surface area contributed by atoms with E-state index in [0.29, 0.717) is 81.4 Å². The highest BCUT2D eigenvalue weighted by molar-refractivity contribution is 5.79. The number of aromatic nitrogens is 4. The Labute approximate surface area is 665 Å². The van der Waals surface area contributed by atoms with Crippen LogP contribution < -0.4 is 18.3 Å². The lowest BCUT2D eigenvalue weighted by atomic mass is 9.82. The number of benzene rings is 8. The van der Waals surface area contributed by atoms with E-state index in [-0.39, 0.29) is 38.9 Å². The Kier molecular flexibility index (Phi) is 15.1. The summed E-state index contributed by atoms with van der Waals surface area (Å²) in [7, 11) is 7.31. The normalized spacial score (nSPS) is 18.8. The molecule has 0 bridgehead atoms. The maximum Gasteiger partial charge on any atom is 0.212 e. The third kappa shape index (κ3) is 17.8. The van der Waals surface area contributed by atoms with Crippen molar-refractivity contribution in [2.24, 2.45) is 33.6 Å². The second-order valence-corrected chi connectivity index (χ2v) is 28.8. The van der Waals surface area contributed by atoms with Gasteiger partial charge in [-0.1, -0.05) is 192 Å². The van der Waals surface area contributed by atoms with Crippen molar-refractivity contribution < 1.29 is 56.6 Å². The minimum atomic E-state index is -2.49. The van der Waals surface area contributed by atoms with E-state index < -0.39 is 78.4 Å². The minimum absolute atomic E-state index is 0.0229. The topological polar surface area (TPSA) is 15.5 Å². The Morgan fingerprint density at radius 2 is 0.683 bits per heavy atom. The fourth-order valence-electron chi connectivity index (χ4n) is 14.3. The fourth-order valence-corrected chi connectivity index (χ4v) is 14.3. The molecule has 8 aromatic carbocycles. The van der Waals surface area contributed by atoms with Crippen molar-refractivity contribution in [3.05, 3.63) is 308 Å². The van der Waals surface area contributed by atoms with Crippen LogP contribution in [0.5, 0.6) is 0 Å². The summed E-state index contributed by atoms with van der Waals surface area (Å²) in [5, 5.41) is 0. The van der Waals surface area contributed by atoms with Gasteiger partial charge in [-0.05, 0) is 273 Å². The first kappa shape index (κ1) is 46.9. The zero-order chi connectivity index (χ0) is 97.7. The lowest BCUT2D eigenvalue weighted by Crippen LogP contribution is -2.32. The van der Waals surface area contributed by atoms with E-state index >= 15 is 0 Å². The largest absolute Gasteiger partial charge is 0.212 e. The first-order valence-corrected chi connectivity index (χ1v) is 35.9. The van der Waals surface area contributed by atoms with Gasteiger partial charge in [0, 0.05) is 108 Å². The molecular formula is C100H116N4+4. The molecule has 4 heteroatoms. The van der Waals surface area contributed by atoms with Gasteiger partial charge in [0.2, 0.25) is 22.8 Å². The smallest absolute Gasteiger partial charge is 0.201 e. The van der Waals surface area contributed by atoms with Gasteiger partial charge in [0.05, 0.1) is 0 Å². The second kappa shape index (κ2) is 33.4. The maximum atomic E-state index is 9.22. The molecule has 2 saturated carbocycles. The van der Waals surface area contributed by atoms with E-state index in [2.05, 4.69) is 0 Å². The van der Waals surface area contributed by atoms with Gasteiger partial charge >= 0.3 is 0 Å². The van der Waals surface area contributed by atoms with Crippen molar-refractivity contribution in [3.8, 4) is 89.5 Å². The standard InChI is InChI=1S/C27H32N.C26H30N.C26H32N.C21H22N/c1-19-10-8-9-13-24(19)23-15-14-20(2)26(16-23)27-17-25(21(3)18-28(27)4)22-11-6-5-7-12-22;1-18-9-5-8-12-23(18)22-14-13-19(2)25(15-22)26-16-24(20(3)17-27(26)4)21-10-6-7-11-21;1-18-10-8-9-11-23(18)21-13-12-19(2)24(14-21)25-15-22(16-26(4,5)6)20(3)17-27(25)7;1-15-9-5-6-10-18(15)19-14-20(17(3)13-16(19)2)21-11-7-8-12-22(21)4/h8-10,13-18,22H,5-7,11-12H2,1-4H3;5,8-9,12-17,21H,6-7,10-11H2,1-4H3;8-15,17H,16H2,1-7H3;5-14H,1-4H3/q4*+1/i1D3,3D3,22D;1D3,3D3,21D;1D3,3D3,16D2;1D3,2D3. The molecule has 2 fully saturated rings. The van der Waals surface area contributed by atoms with Crippen LogP contribution in [0.2, 0.25) is 0 Å². The van der Waals surface area contributed by atoms with Gasteiger partial charge < -0.3 is 0 Å². The molecule has 0 atom stereocenters. The highest BCUT2D eigenvalue weighted by Crippen LogP contribution is 2.41. The molecule has 4 heterocycles. The molecule has 14 rings (SSSR count). The lowest BCUT2D eigenvalue weighted by molar-refractivity contribution is -0.661. The van der Waals surface area contributed by atoms with Crippen molar-refractivity contribution in [3.63, 3.8) is 0 Å². The average Bonchev–Trinajstić information content (AvgIpc) is 0.850. The van der Waals surface area contributed by atoms with E-state index in [1.54, 1.807) is 130 Å². The van der Waals surface area contributed by atoms with Gasteiger partial charge in [0.25, 0.3) is 0 Å². The predicted octanol–water partition coefficient (Wildman–Crippen LogP) is 24.4. The van der Waals surface area contributed by atoms with Crippen LogP contribution in [-0.2, 0) is 34.6 Å². The Morgan fingerprint density at radius 1 is 0.317 bits per heavy atom. The predicted molar refractivity (Wildman–Crippen MR) is 441 cm³/mol. The van der Waals surface area contributed by atoms with Crippen molar-refractivity contribution in [1.29, 1.82) is 0 Å². The molecule has 0 unspecified atom stereocenters. The van der Waals surface area contributed by atoms with E-state index in [1.807, 2.05) is 178 Å². The summed E-state index contributed by atoms with van der Waals surface area (Å²) in [6, 6.07) is 59.5. The lowest BCUT2D eigenvalue weighted by Gasteiger charge is -2.23. The van der Waals surface area contributed by atoms with Crippen LogP contribution in [-0.4, -0.2) is 0 Å². The summed E-state index contributed by atoms with van der Waals surface area (Å²) in [5.74, 6) is -1.84. The van der Waals surface area contributed by atoms with Crippen LogP contribution in [0.1, 0.15) is 212 Å². The van der Waals surface area contributed by atoms with Gasteiger partial charge in [-0.15, -0.1) is 0 Å². The summed E-state index contributed by atoms with van der Waals surface area (Å²) in [4.78, 5) is 0. The first-order chi connectivity index (χ1) is 61.0. The molecule has 0 radical (unpaired) electrons. The quantitative estimate of drug-likeness (QED) is 0.115. The molecule has 4 nitrogen and oxygen atoms in total. The number of aryl methyl sites for hydroxylation is 16. The molecule has 0 spiro atoms. The van der Waals surface area contributed by atoms with Crippen LogP contribution in [0.15, 0.2) is 225 Å². The molecular weight excluding hydrogens is 1260 g/mol. The van der Waals surface area contributed by atoms with E-state index in [9.17, 15) is 1.37 Å². The van der Waals surface area contributed by atoms with Crippen molar-refractivity contribution in [2.75, 3.05) is 0 Å². The van der Waals surface area contributed by atoms with E-state index in [0.717, 1.165) is 110 Å². The SMILES string of the molecule is [2H]C([2H])([2H])c1ccccc1-c1cc(-c2cccc[n+]2C)c(C)cc1C([2H])([2H])[2H].[2H]C([2H])([2H])c1ccccc1-c1ccc(C)c(-c2cc(C([2H])([2H])C(C)(C)C)c(C([2H])([2H])[2H])c[n+]2C)c1.[2H]C([2H])([2H])c1ccccc1-c1ccc(C)c(-c2cc(C3([2H])CCCC3)c(C([2H])([2H])[2H])c[n+]2C)c1.[2H]C([2H])([2H])c1ccccc1-c1ccc(C)c(-c2cc(C3([2H])CCCCC3)c(C([2H])([2H])[2H])c[n+]2C)c1. The van der Waals surface area contributed by atoms with Crippen LogP contribution in [0.3, 0.4) is 0 Å². The Hall–Kier alpha value is -9.64.